The van der Waals surface area contributed by atoms with E-state index in [1.165, 1.54) is 60.5 Å². The summed E-state index contributed by atoms with van der Waals surface area (Å²) in [6.45, 7) is 4.43. The molecule has 2 heterocycles. The molecule has 358 valence electrons. The van der Waals surface area contributed by atoms with E-state index < -0.39 is 0 Å². The van der Waals surface area contributed by atoms with Gasteiger partial charge < -0.3 is 0 Å². The van der Waals surface area contributed by atoms with Crippen molar-refractivity contribution in [1.29, 1.82) is 0 Å². The molecule has 0 saturated heterocycles. The standard InChI is InChI=1S/C72H50N4/c1-47-59(41-43-65-69(47)73-71(53-25-13-5-14-26-53)75(65)57-29-17-7-18-30-57)50-35-33-49(34-36-50)55-37-39-61-63(45-55)67(51-21-9-3-10-22-51)62-40-38-56(46-64(62)68(61)52-23-11-4-12-24-52)60-42-44-66-70(48(60)2)74-72(54-27-15-6-16-28-54)76(66)58-31-19-8-20-32-58/h3-46H,1-2H3. The number of aromatic nitrogens is 4. The first-order valence-electron chi connectivity index (χ1n) is 26.1. The Morgan fingerprint density at radius 3 is 1.04 bits per heavy atom. The Labute approximate surface area is 442 Å². The zero-order chi connectivity index (χ0) is 50.7. The maximum absolute atomic E-state index is 5.42. The maximum atomic E-state index is 5.42. The van der Waals surface area contributed by atoms with Gasteiger partial charge in [0.05, 0.1) is 22.1 Å². The van der Waals surface area contributed by atoms with Crippen LogP contribution in [0.25, 0.3) is 133 Å². The van der Waals surface area contributed by atoms with Crippen molar-refractivity contribution in [3.63, 3.8) is 0 Å². The van der Waals surface area contributed by atoms with Gasteiger partial charge in [0.25, 0.3) is 0 Å². The third kappa shape index (κ3) is 7.53. The summed E-state index contributed by atoms with van der Waals surface area (Å²) in [5.41, 5.74) is 22.6. The molecule has 0 aliphatic rings. The summed E-state index contributed by atoms with van der Waals surface area (Å²) in [4.78, 5) is 10.8. The molecule has 76 heavy (non-hydrogen) atoms. The monoisotopic (exact) mass is 970 g/mol. The lowest BCUT2D eigenvalue weighted by molar-refractivity contribution is 1.10. The highest BCUT2D eigenvalue weighted by molar-refractivity contribution is 6.22. The predicted octanol–water partition coefficient (Wildman–Crippen LogP) is 19.0. The van der Waals surface area contributed by atoms with E-state index in [4.69, 9.17) is 9.97 Å². The fraction of sp³-hybridized carbons (Fsp3) is 0.0278. The number of hydrogen-bond acceptors (Lipinski definition) is 2. The van der Waals surface area contributed by atoms with Crippen molar-refractivity contribution in [2.75, 3.05) is 0 Å². The highest BCUT2D eigenvalue weighted by Crippen LogP contribution is 2.47. The van der Waals surface area contributed by atoms with Crippen LogP contribution in [-0.4, -0.2) is 19.1 Å². The second kappa shape index (κ2) is 18.5. The molecule has 0 radical (unpaired) electrons. The van der Waals surface area contributed by atoms with E-state index in [1.807, 2.05) is 0 Å². The maximum Gasteiger partial charge on any atom is 0.145 e. The van der Waals surface area contributed by atoms with E-state index in [9.17, 15) is 0 Å². The molecule has 0 fully saturated rings. The lowest BCUT2D eigenvalue weighted by Crippen LogP contribution is -1.97. The summed E-state index contributed by atoms with van der Waals surface area (Å²) in [6.07, 6.45) is 0. The largest absolute Gasteiger partial charge is 0.292 e. The quantitative estimate of drug-likeness (QED) is 0.135. The van der Waals surface area contributed by atoms with Crippen LogP contribution in [0.2, 0.25) is 0 Å². The Kier molecular flexibility index (Phi) is 10.9. The van der Waals surface area contributed by atoms with Gasteiger partial charge in [0, 0.05) is 22.5 Å². The van der Waals surface area contributed by atoms with Crippen molar-refractivity contribution in [1.82, 2.24) is 19.1 Å². The number of rotatable bonds is 9. The normalized spacial score (nSPS) is 11.6. The van der Waals surface area contributed by atoms with E-state index in [-0.39, 0.29) is 0 Å². The Morgan fingerprint density at radius 2 is 0.605 bits per heavy atom. The zero-order valence-corrected chi connectivity index (χ0v) is 42.2. The van der Waals surface area contributed by atoms with Gasteiger partial charge in [0.15, 0.2) is 0 Å². The van der Waals surface area contributed by atoms with Gasteiger partial charge in [0.1, 0.15) is 11.6 Å². The topological polar surface area (TPSA) is 35.6 Å². The van der Waals surface area contributed by atoms with E-state index in [1.54, 1.807) is 0 Å². The minimum Gasteiger partial charge on any atom is -0.292 e. The fourth-order valence-electron chi connectivity index (χ4n) is 11.7. The van der Waals surface area contributed by atoms with E-state index >= 15 is 0 Å². The SMILES string of the molecule is Cc1c(-c2ccc(-c3ccc4c(-c5ccccc5)c5cc(-c6ccc7c(nc(-c8ccccc8)n7-c7ccccc7)c6C)ccc5c(-c5ccccc5)c4c3)cc2)ccc2c1nc(-c1ccccc1)n2-c1ccccc1. The van der Waals surface area contributed by atoms with Gasteiger partial charge in [-0.3, -0.25) is 9.13 Å². The number of hydrogen-bond donors (Lipinski definition) is 0. The summed E-state index contributed by atoms with van der Waals surface area (Å²) in [6, 6.07) is 96.2. The highest BCUT2D eigenvalue weighted by Gasteiger charge is 2.23. The van der Waals surface area contributed by atoms with E-state index in [2.05, 4.69) is 290 Å². The molecule has 0 saturated carbocycles. The second-order valence-corrected chi connectivity index (χ2v) is 19.7. The van der Waals surface area contributed by atoms with Crippen molar-refractivity contribution >= 4 is 43.6 Å². The third-order valence-corrected chi connectivity index (χ3v) is 15.3. The minimum absolute atomic E-state index is 0.930. The lowest BCUT2D eigenvalue weighted by atomic mass is 9.83. The number of fused-ring (bicyclic) bond motifs is 4. The number of para-hydroxylation sites is 2. The second-order valence-electron chi connectivity index (χ2n) is 19.7. The van der Waals surface area contributed by atoms with Gasteiger partial charge in [-0.1, -0.05) is 218 Å². The summed E-state index contributed by atoms with van der Waals surface area (Å²) >= 11 is 0. The van der Waals surface area contributed by atoms with Crippen LogP contribution in [0, 0.1) is 13.8 Å². The van der Waals surface area contributed by atoms with E-state index in [0.717, 1.165) is 84.0 Å². The molecule has 0 bridgehead atoms. The molecule has 14 rings (SSSR count). The van der Waals surface area contributed by atoms with Crippen LogP contribution < -0.4 is 0 Å². The van der Waals surface area contributed by atoms with Crippen molar-refractivity contribution in [3.8, 4) is 89.8 Å². The Bertz CT molecular complexity index is 4470. The molecule has 4 nitrogen and oxygen atoms in total. The smallest absolute Gasteiger partial charge is 0.145 e. The average molecular weight is 971 g/mol. The lowest BCUT2D eigenvalue weighted by Gasteiger charge is -2.20. The molecular weight excluding hydrogens is 921 g/mol. The van der Waals surface area contributed by atoms with Gasteiger partial charge in [0.2, 0.25) is 0 Å². The first kappa shape index (κ1) is 44.8. The van der Waals surface area contributed by atoms with E-state index in [0.29, 0.717) is 0 Å². The molecule has 12 aromatic carbocycles. The number of aryl methyl sites for hydroxylation is 2. The first-order valence-corrected chi connectivity index (χ1v) is 26.1. The molecule has 0 atom stereocenters. The Balaban J connectivity index is 0.906. The number of imidazole rings is 2. The molecule has 14 aromatic rings. The first-order chi connectivity index (χ1) is 37.6. The molecule has 0 aliphatic carbocycles. The summed E-state index contributed by atoms with van der Waals surface area (Å²) < 4.78 is 4.58. The molecular formula is C72H50N4. The molecule has 4 heteroatoms. The molecule has 0 aliphatic heterocycles. The van der Waals surface area contributed by atoms with Crippen molar-refractivity contribution in [3.05, 3.63) is 278 Å². The van der Waals surface area contributed by atoms with Gasteiger partial charge in [-0.05, 0) is 151 Å². The average Bonchev–Trinajstić information content (AvgIpc) is 4.10. The molecule has 0 spiro atoms. The van der Waals surface area contributed by atoms with Crippen molar-refractivity contribution in [2.24, 2.45) is 0 Å². The van der Waals surface area contributed by atoms with Crippen LogP contribution in [0.5, 0.6) is 0 Å². The van der Waals surface area contributed by atoms with Gasteiger partial charge in [-0.15, -0.1) is 0 Å². The van der Waals surface area contributed by atoms with Gasteiger partial charge >= 0.3 is 0 Å². The Morgan fingerprint density at radius 1 is 0.263 bits per heavy atom. The summed E-state index contributed by atoms with van der Waals surface area (Å²) in [7, 11) is 0. The summed E-state index contributed by atoms with van der Waals surface area (Å²) in [5, 5.41) is 4.85. The van der Waals surface area contributed by atoms with Crippen LogP contribution in [0.15, 0.2) is 267 Å². The van der Waals surface area contributed by atoms with Crippen LogP contribution in [0.4, 0.5) is 0 Å². The number of benzene rings is 12. The van der Waals surface area contributed by atoms with Crippen molar-refractivity contribution < 1.29 is 0 Å². The van der Waals surface area contributed by atoms with Crippen LogP contribution in [0.1, 0.15) is 11.1 Å². The van der Waals surface area contributed by atoms with Crippen molar-refractivity contribution in [2.45, 2.75) is 13.8 Å². The van der Waals surface area contributed by atoms with Crippen LogP contribution >= 0.6 is 0 Å². The minimum atomic E-state index is 0.930. The fourth-order valence-corrected chi connectivity index (χ4v) is 11.7. The third-order valence-electron chi connectivity index (χ3n) is 15.3. The van der Waals surface area contributed by atoms with Crippen LogP contribution in [-0.2, 0) is 0 Å². The number of nitrogens with zero attached hydrogens (tertiary/aromatic N) is 4. The van der Waals surface area contributed by atoms with Gasteiger partial charge in [-0.2, -0.15) is 0 Å². The predicted molar refractivity (Wildman–Crippen MR) is 318 cm³/mol. The van der Waals surface area contributed by atoms with Crippen LogP contribution in [0.3, 0.4) is 0 Å². The Hall–Kier alpha value is -9.90. The summed E-state index contributed by atoms with van der Waals surface area (Å²) in [5.74, 6) is 1.87. The zero-order valence-electron chi connectivity index (χ0n) is 42.2. The highest BCUT2D eigenvalue weighted by atomic mass is 15.1. The molecule has 0 amide bonds. The van der Waals surface area contributed by atoms with Gasteiger partial charge in [-0.25, -0.2) is 9.97 Å². The molecule has 0 N–H and O–H groups in total. The molecule has 2 aromatic heterocycles. The molecule has 0 unspecified atom stereocenters.